The van der Waals surface area contributed by atoms with Gasteiger partial charge in [-0.2, -0.15) is 0 Å². The number of hydrogen-bond acceptors (Lipinski definition) is 4. The molecule has 0 unspecified atom stereocenters. The first-order valence-electron chi connectivity index (χ1n) is 11.0. The Morgan fingerprint density at radius 3 is 2.55 bits per heavy atom. The Morgan fingerprint density at radius 2 is 1.83 bits per heavy atom. The summed E-state index contributed by atoms with van der Waals surface area (Å²) in [6, 6.07) is 10.2. The topological polar surface area (TPSA) is 67.9 Å². The monoisotopic (exact) mass is 400 g/mol. The highest BCUT2D eigenvalue weighted by Gasteiger charge is 2.40. The molecule has 6 nitrogen and oxygen atoms in total. The van der Waals surface area contributed by atoms with Crippen LogP contribution in [0.1, 0.15) is 44.1 Å². The summed E-state index contributed by atoms with van der Waals surface area (Å²) in [6.07, 6.45) is 5.70. The molecule has 1 saturated carbocycles. The second kappa shape index (κ2) is 9.26. The zero-order valence-corrected chi connectivity index (χ0v) is 17.1. The number of nitrogens with zero attached hydrogens (tertiary/aromatic N) is 1. The van der Waals surface area contributed by atoms with E-state index in [9.17, 15) is 9.59 Å². The summed E-state index contributed by atoms with van der Waals surface area (Å²) in [4.78, 5) is 26.6. The molecule has 3 fully saturated rings. The molecule has 0 bridgehead atoms. The van der Waals surface area contributed by atoms with E-state index < -0.39 is 0 Å². The third-order valence-electron chi connectivity index (χ3n) is 6.55. The maximum atomic E-state index is 12.4. The molecule has 4 rings (SSSR count). The van der Waals surface area contributed by atoms with Crippen LogP contribution in [0, 0.1) is 11.8 Å². The van der Waals surface area contributed by atoms with Gasteiger partial charge in [0.2, 0.25) is 11.8 Å². The van der Waals surface area contributed by atoms with Crippen LogP contribution in [0.3, 0.4) is 0 Å². The van der Waals surface area contributed by atoms with Gasteiger partial charge in [0.1, 0.15) is 0 Å². The van der Waals surface area contributed by atoms with Crippen molar-refractivity contribution in [3.63, 3.8) is 0 Å². The summed E-state index contributed by atoms with van der Waals surface area (Å²) in [5.74, 6) is 0.572. The predicted molar refractivity (Wildman–Crippen MR) is 109 cm³/mol. The molecule has 3 aliphatic rings. The smallest absolute Gasteiger partial charge is 0.223 e. The third-order valence-corrected chi connectivity index (χ3v) is 6.55. The van der Waals surface area contributed by atoms with Gasteiger partial charge in [-0.3, -0.25) is 9.59 Å². The van der Waals surface area contributed by atoms with E-state index in [4.69, 9.17) is 9.47 Å². The average molecular weight is 401 g/mol. The van der Waals surface area contributed by atoms with Crippen LogP contribution in [-0.2, 0) is 25.5 Å². The summed E-state index contributed by atoms with van der Waals surface area (Å²) in [7, 11) is 0. The zero-order chi connectivity index (χ0) is 20.1. The molecule has 29 heavy (non-hydrogen) atoms. The van der Waals surface area contributed by atoms with Crippen molar-refractivity contribution in [2.45, 2.75) is 50.7 Å². The lowest BCUT2D eigenvalue weighted by molar-refractivity contribution is -0.183. The Bertz CT molecular complexity index is 692. The van der Waals surface area contributed by atoms with Crippen LogP contribution in [0.15, 0.2) is 30.3 Å². The Morgan fingerprint density at radius 1 is 1.10 bits per heavy atom. The van der Waals surface area contributed by atoms with Crippen molar-refractivity contribution in [2.24, 2.45) is 11.8 Å². The molecule has 0 aromatic heterocycles. The zero-order valence-electron chi connectivity index (χ0n) is 17.1. The van der Waals surface area contributed by atoms with E-state index in [1.165, 1.54) is 5.56 Å². The quantitative estimate of drug-likeness (QED) is 0.764. The molecule has 1 spiro atoms. The van der Waals surface area contributed by atoms with Crippen molar-refractivity contribution >= 4 is 11.8 Å². The Hall–Kier alpha value is -1.92. The van der Waals surface area contributed by atoms with Gasteiger partial charge in [0.25, 0.3) is 0 Å². The molecule has 2 amide bonds. The van der Waals surface area contributed by atoms with Crippen LogP contribution in [0.4, 0.5) is 0 Å². The van der Waals surface area contributed by atoms with Crippen molar-refractivity contribution in [1.29, 1.82) is 0 Å². The van der Waals surface area contributed by atoms with Gasteiger partial charge in [0.05, 0.1) is 13.2 Å². The molecule has 1 atom stereocenters. The van der Waals surface area contributed by atoms with Gasteiger partial charge in [0, 0.05) is 51.2 Å². The predicted octanol–water partition coefficient (Wildman–Crippen LogP) is 2.52. The minimum Gasteiger partial charge on any atom is -0.356 e. The summed E-state index contributed by atoms with van der Waals surface area (Å²) < 4.78 is 11.5. The number of likely N-dealkylation sites (tertiary alicyclic amines) is 1. The van der Waals surface area contributed by atoms with Crippen LogP contribution in [0.25, 0.3) is 0 Å². The van der Waals surface area contributed by atoms with Crippen LogP contribution in [0.2, 0.25) is 0 Å². The number of nitrogens with one attached hydrogen (secondary N) is 1. The lowest BCUT2D eigenvalue weighted by Crippen LogP contribution is -2.37. The summed E-state index contributed by atoms with van der Waals surface area (Å²) >= 11 is 0. The third kappa shape index (κ3) is 5.37. The Kier molecular flexibility index (Phi) is 6.50. The van der Waals surface area contributed by atoms with Gasteiger partial charge < -0.3 is 19.7 Å². The summed E-state index contributed by atoms with van der Waals surface area (Å²) in [5.41, 5.74) is 1.25. The molecule has 2 aliphatic heterocycles. The van der Waals surface area contributed by atoms with E-state index in [1.54, 1.807) is 0 Å². The van der Waals surface area contributed by atoms with E-state index in [-0.39, 0.29) is 23.5 Å². The normalized spacial score (nSPS) is 24.3. The maximum absolute atomic E-state index is 12.4. The SMILES string of the molecule is O=C(CC1CCC2(CC1)OCCO2)NC[C@@H]1CC(=O)N(CCc2ccccc2)C1. The van der Waals surface area contributed by atoms with Gasteiger partial charge in [-0.1, -0.05) is 30.3 Å². The fourth-order valence-corrected chi connectivity index (χ4v) is 4.82. The number of hydrogen-bond donors (Lipinski definition) is 1. The Labute approximate surface area is 172 Å². The lowest BCUT2D eigenvalue weighted by atomic mass is 9.83. The van der Waals surface area contributed by atoms with Crippen molar-refractivity contribution in [3.05, 3.63) is 35.9 Å². The second-order valence-corrected chi connectivity index (χ2v) is 8.70. The number of carbonyl (C=O) groups excluding carboxylic acids is 2. The molecule has 1 aromatic rings. The van der Waals surface area contributed by atoms with E-state index in [2.05, 4.69) is 17.4 Å². The van der Waals surface area contributed by atoms with E-state index >= 15 is 0 Å². The van der Waals surface area contributed by atoms with Gasteiger partial charge in [-0.05, 0) is 30.7 Å². The second-order valence-electron chi connectivity index (χ2n) is 8.70. The molecular formula is C23H32N2O4. The molecule has 6 heteroatoms. The minimum absolute atomic E-state index is 0.106. The van der Waals surface area contributed by atoms with E-state index in [0.29, 0.717) is 38.5 Å². The van der Waals surface area contributed by atoms with Gasteiger partial charge in [-0.25, -0.2) is 0 Å². The Balaban J connectivity index is 1.14. The summed E-state index contributed by atoms with van der Waals surface area (Å²) in [6.45, 7) is 3.46. The first-order chi connectivity index (χ1) is 14.1. The van der Waals surface area contributed by atoms with Crippen molar-refractivity contribution in [1.82, 2.24) is 10.2 Å². The molecular weight excluding hydrogens is 368 g/mol. The number of benzene rings is 1. The molecule has 2 saturated heterocycles. The van der Waals surface area contributed by atoms with Gasteiger partial charge in [-0.15, -0.1) is 0 Å². The van der Waals surface area contributed by atoms with Crippen LogP contribution in [0.5, 0.6) is 0 Å². The first kappa shape index (κ1) is 20.4. The average Bonchev–Trinajstić information content (AvgIpc) is 3.34. The molecule has 2 heterocycles. The highest BCUT2D eigenvalue weighted by Crippen LogP contribution is 2.39. The van der Waals surface area contributed by atoms with Gasteiger partial charge >= 0.3 is 0 Å². The molecule has 158 valence electrons. The van der Waals surface area contributed by atoms with Crippen molar-refractivity contribution < 1.29 is 19.1 Å². The lowest BCUT2D eigenvalue weighted by Gasteiger charge is -2.35. The fraction of sp³-hybridized carbons (Fsp3) is 0.652. The molecule has 1 N–H and O–H groups in total. The van der Waals surface area contributed by atoms with Crippen LogP contribution < -0.4 is 5.32 Å². The number of amides is 2. The standard InChI is InChI=1S/C23H32N2O4/c26-21(14-19-6-9-23(10-7-19)28-12-13-29-23)24-16-20-15-22(27)25(17-20)11-8-18-4-2-1-3-5-18/h1-5,19-20H,6-17H2,(H,24,26)/t20-/m0/s1. The highest BCUT2D eigenvalue weighted by molar-refractivity contribution is 5.79. The highest BCUT2D eigenvalue weighted by atomic mass is 16.7. The first-order valence-corrected chi connectivity index (χ1v) is 11.0. The van der Waals surface area contributed by atoms with Crippen LogP contribution in [-0.4, -0.2) is 55.3 Å². The number of carbonyl (C=O) groups is 2. The fourth-order valence-electron chi connectivity index (χ4n) is 4.82. The summed E-state index contributed by atoms with van der Waals surface area (Å²) in [5, 5.41) is 3.07. The number of ether oxygens (including phenoxy) is 2. The largest absolute Gasteiger partial charge is 0.356 e. The van der Waals surface area contributed by atoms with E-state index in [0.717, 1.165) is 45.2 Å². The van der Waals surface area contributed by atoms with Crippen molar-refractivity contribution in [3.8, 4) is 0 Å². The molecule has 1 aromatic carbocycles. The van der Waals surface area contributed by atoms with E-state index in [1.807, 2.05) is 23.1 Å². The number of rotatable bonds is 7. The van der Waals surface area contributed by atoms with Gasteiger partial charge in [0.15, 0.2) is 5.79 Å². The molecule has 0 radical (unpaired) electrons. The van der Waals surface area contributed by atoms with Crippen LogP contribution >= 0.6 is 0 Å². The maximum Gasteiger partial charge on any atom is 0.223 e. The minimum atomic E-state index is -0.361. The molecule has 1 aliphatic carbocycles. The van der Waals surface area contributed by atoms with Crippen molar-refractivity contribution in [2.75, 3.05) is 32.8 Å².